The number of halogens is 1. The number of nitrogens with one attached hydrogen (secondary N) is 2. The van der Waals surface area contributed by atoms with Gasteiger partial charge in [0.05, 0.1) is 18.2 Å². The maximum atomic E-state index is 13.8. The number of carbonyl (C=O) groups excluding carboxylic acids is 1. The molecule has 1 aliphatic rings. The minimum atomic E-state index is -0.367. The molecule has 0 spiro atoms. The summed E-state index contributed by atoms with van der Waals surface area (Å²) in [6.45, 7) is 4.14. The Morgan fingerprint density at radius 1 is 1.38 bits per heavy atom. The van der Waals surface area contributed by atoms with Gasteiger partial charge in [-0.05, 0) is 42.9 Å². The Bertz CT molecular complexity index is 1060. The van der Waals surface area contributed by atoms with Crippen LogP contribution < -0.4 is 10.1 Å². The van der Waals surface area contributed by atoms with Gasteiger partial charge in [0.25, 0.3) is 0 Å². The monoisotopic (exact) mass is 396 g/mol. The number of carbonyl (C=O) groups is 1. The molecule has 0 radical (unpaired) electrons. The number of aryl methyl sites for hydroxylation is 1. The Morgan fingerprint density at radius 3 is 2.97 bits per heavy atom. The summed E-state index contributed by atoms with van der Waals surface area (Å²) in [6.07, 6.45) is 4.40. The lowest BCUT2D eigenvalue weighted by molar-refractivity contribution is -0.123. The van der Waals surface area contributed by atoms with E-state index in [1.54, 1.807) is 6.07 Å². The van der Waals surface area contributed by atoms with Crippen LogP contribution in [0.3, 0.4) is 0 Å². The number of fused-ring (bicyclic) bond motifs is 3. The van der Waals surface area contributed by atoms with Crippen molar-refractivity contribution in [1.82, 2.24) is 15.0 Å². The zero-order valence-electron chi connectivity index (χ0n) is 16.9. The van der Waals surface area contributed by atoms with Crippen molar-refractivity contribution in [3.8, 4) is 5.75 Å². The fourth-order valence-electron chi connectivity index (χ4n) is 4.09. The number of hydrogen-bond acceptors (Lipinski definition) is 5. The molecule has 6 nitrogen and oxygen atoms in total. The van der Waals surface area contributed by atoms with Gasteiger partial charge in [-0.25, -0.2) is 14.4 Å². The lowest BCUT2D eigenvalue weighted by Crippen LogP contribution is -2.23. The molecule has 1 aliphatic carbocycles. The molecule has 1 atom stereocenters. The van der Waals surface area contributed by atoms with Crippen molar-refractivity contribution < 1.29 is 13.9 Å². The van der Waals surface area contributed by atoms with Gasteiger partial charge >= 0.3 is 0 Å². The molecule has 3 aromatic rings. The smallest absolute Gasteiger partial charge is 0.143 e. The molecule has 0 bridgehead atoms. The third kappa shape index (κ3) is 3.81. The normalized spacial score (nSPS) is 16.1. The molecular weight excluding hydrogens is 371 g/mol. The van der Waals surface area contributed by atoms with Crippen LogP contribution >= 0.6 is 0 Å². The number of methoxy groups -OCH3 is 1. The van der Waals surface area contributed by atoms with Crippen molar-refractivity contribution in [2.75, 3.05) is 12.4 Å². The number of anilines is 2. The summed E-state index contributed by atoms with van der Waals surface area (Å²) in [5.74, 6) is 1.42. The first-order valence-corrected chi connectivity index (χ1v) is 9.94. The fraction of sp³-hybridized carbons (Fsp3) is 0.409. The van der Waals surface area contributed by atoms with E-state index in [1.807, 2.05) is 0 Å². The predicted octanol–water partition coefficient (Wildman–Crippen LogP) is 4.57. The summed E-state index contributed by atoms with van der Waals surface area (Å²) >= 11 is 0. The zero-order chi connectivity index (χ0) is 20.5. The van der Waals surface area contributed by atoms with E-state index in [0.29, 0.717) is 41.8 Å². The van der Waals surface area contributed by atoms with E-state index < -0.39 is 0 Å². The Hall–Kier alpha value is -2.96. The molecule has 152 valence electrons. The van der Waals surface area contributed by atoms with Gasteiger partial charge in [0.2, 0.25) is 0 Å². The van der Waals surface area contributed by atoms with Gasteiger partial charge in [0.1, 0.15) is 35.1 Å². The third-order valence-corrected chi connectivity index (χ3v) is 5.46. The maximum absolute atomic E-state index is 13.8. The number of nitrogens with zero attached hydrogens (tertiary/aromatic N) is 2. The van der Waals surface area contributed by atoms with E-state index in [2.05, 4.69) is 34.1 Å². The molecule has 0 fully saturated rings. The number of aromatic amines is 1. The second kappa shape index (κ2) is 7.81. The van der Waals surface area contributed by atoms with Crippen LogP contribution in [0.4, 0.5) is 15.9 Å². The Morgan fingerprint density at radius 2 is 2.21 bits per heavy atom. The van der Waals surface area contributed by atoms with Crippen LogP contribution in [0.2, 0.25) is 0 Å². The minimum absolute atomic E-state index is 0.0145. The molecule has 2 aromatic heterocycles. The van der Waals surface area contributed by atoms with Crippen molar-refractivity contribution in [3.63, 3.8) is 0 Å². The highest BCUT2D eigenvalue weighted by atomic mass is 19.1. The van der Waals surface area contributed by atoms with Crippen LogP contribution in [0.5, 0.6) is 5.75 Å². The standard InChI is InChI=1S/C22H25FN4O2/c1-12(2)8-18(28)13-4-6-16-15(9-13)20-21(26-16)24-11-25-22(20)27-17-10-14(23)5-7-19(17)29-3/h5,7,10-13H,4,6,8-9H2,1-3H3,(H2,24,25,26,27). The fourth-order valence-corrected chi connectivity index (χ4v) is 4.09. The second-order valence-corrected chi connectivity index (χ2v) is 8.00. The average molecular weight is 396 g/mol. The Balaban J connectivity index is 1.72. The SMILES string of the molecule is COc1ccc(F)cc1Nc1ncnc2[nH]c3c(c12)CC(C(=O)CC(C)C)CC3. The van der Waals surface area contributed by atoms with Gasteiger partial charge in [-0.2, -0.15) is 0 Å². The second-order valence-electron chi connectivity index (χ2n) is 8.00. The average Bonchev–Trinajstić information content (AvgIpc) is 3.06. The molecule has 0 amide bonds. The van der Waals surface area contributed by atoms with Crippen LogP contribution in [-0.4, -0.2) is 27.8 Å². The van der Waals surface area contributed by atoms with E-state index in [9.17, 15) is 9.18 Å². The summed E-state index contributed by atoms with van der Waals surface area (Å²) in [6, 6.07) is 4.30. The first-order valence-electron chi connectivity index (χ1n) is 9.94. The van der Waals surface area contributed by atoms with E-state index >= 15 is 0 Å². The minimum Gasteiger partial charge on any atom is -0.495 e. The molecule has 2 N–H and O–H groups in total. The lowest BCUT2D eigenvalue weighted by Gasteiger charge is -2.22. The summed E-state index contributed by atoms with van der Waals surface area (Å²) in [5.41, 5.74) is 3.39. The summed E-state index contributed by atoms with van der Waals surface area (Å²) < 4.78 is 19.1. The zero-order valence-corrected chi connectivity index (χ0v) is 16.9. The number of aromatic nitrogens is 3. The van der Waals surface area contributed by atoms with Gasteiger partial charge in [0, 0.05) is 24.1 Å². The number of hydrogen-bond donors (Lipinski definition) is 2. The van der Waals surface area contributed by atoms with Crippen molar-refractivity contribution in [2.24, 2.45) is 11.8 Å². The number of H-pyrrole nitrogens is 1. The van der Waals surface area contributed by atoms with Crippen LogP contribution in [0.15, 0.2) is 24.5 Å². The van der Waals surface area contributed by atoms with Crippen molar-refractivity contribution in [3.05, 3.63) is 41.6 Å². The molecule has 0 aliphatic heterocycles. The number of ether oxygens (including phenoxy) is 1. The van der Waals surface area contributed by atoms with Gasteiger partial charge in [-0.3, -0.25) is 4.79 Å². The lowest BCUT2D eigenvalue weighted by atomic mass is 9.82. The predicted molar refractivity (Wildman–Crippen MR) is 110 cm³/mol. The van der Waals surface area contributed by atoms with E-state index in [0.717, 1.165) is 35.1 Å². The Labute approximate surface area is 168 Å². The molecule has 2 heterocycles. The van der Waals surface area contributed by atoms with Crippen molar-refractivity contribution >= 4 is 28.3 Å². The molecule has 1 unspecified atom stereocenters. The molecule has 29 heavy (non-hydrogen) atoms. The van der Waals surface area contributed by atoms with E-state index in [1.165, 1.54) is 25.6 Å². The summed E-state index contributed by atoms with van der Waals surface area (Å²) in [5, 5.41) is 4.06. The molecule has 4 rings (SSSR count). The molecule has 0 saturated carbocycles. The van der Waals surface area contributed by atoms with Gasteiger partial charge < -0.3 is 15.0 Å². The van der Waals surface area contributed by atoms with Crippen LogP contribution in [0, 0.1) is 17.7 Å². The van der Waals surface area contributed by atoms with Crippen LogP contribution in [-0.2, 0) is 17.6 Å². The Kier molecular flexibility index (Phi) is 5.22. The molecule has 7 heteroatoms. The quantitative estimate of drug-likeness (QED) is 0.638. The summed E-state index contributed by atoms with van der Waals surface area (Å²) in [7, 11) is 1.54. The first-order chi connectivity index (χ1) is 14.0. The topological polar surface area (TPSA) is 79.9 Å². The largest absolute Gasteiger partial charge is 0.495 e. The highest BCUT2D eigenvalue weighted by molar-refractivity contribution is 5.94. The number of ketones is 1. The third-order valence-electron chi connectivity index (χ3n) is 5.46. The maximum Gasteiger partial charge on any atom is 0.143 e. The molecule has 1 aromatic carbocycles. The van der Waals surface area contributed by atoms with Gasteiger partial charge in [0.15, 0.2) is 0 Å². The first kappa shape index (κ1) is 19.4. The van der Waals surface area contributed by atoms with Gasteiger partial charge in [-0.1, -0.05) is 13.8 Å². The molecular formula is C22H25FN4O2. The van der Waals surface area contributed by atoms with Crippen molar-refractivity contribution in [2.45, 2.75) is 39.5 Å². The highest BCUT2D eigenvalue weighted by Gasteiger charge is 2.29. The summed E-state index contributed by atoms with van der Waals surface area (Å²) in [4.78, 5) is 24.8. The van der Waals surface area contributed by atoms with Crippen LogP contribution in [0.25, 0.3) is 11.0 Å². The number of rotatable bonds is 6. The molecule has 0 saturated heterocycles. The number of Topliss-reactive ketones (excluding diaryl/α,β-unsaturated/α-hetero) is 1. The van der Waals surface area contributed by atoms with Gasteiger partial charge in [-0.15, -0.1) is 0 Å². The van der Waals surface area contributed by atoms with Crippen molar-refractivity contribution in [1.29, 1.82) is 0 Å². The van der Waals surface area contributed by atoms with E-state index in [4.69, 9.17) is 4.74 Å². The number of benzene rings is 1. The van der Waals surface area contributed by atoms with E-state index in [-0.39, 0.29) is 11.7 Å². The highest BCUT2D eigenvalue weighted by Crippen LogP contribution is 2.37. The van der Waals surface area contributed by atoms with Crippen LogP contribution in [0.1, 0.15) is 37.9 Å².